The molecule has 0 unspecified atom stereocenters. The lowest BCUT2D eigenvalue weighted by Gasteiger charge is -2.36. The van der Waals surface area contributed by atoms with E-state index in [1.165, 1.54) is 4.88 Å². The molecule has 0 spiro atoms. The van der Waals surface area contributed by atoms with E-state index >= 15 is 0 Å². The van der Waals surface area contributed by atoms with Gasteiger partial charge < -0.3 is 15.1 Å². The van der Waals surface area contributed by atoms with Gasteiger partial charge in [0.2, 0.25) is 5.91 Å². The first-order valence-corrected chi connectivity index (χ1v) is 8.40. The van der Waals surface area contributed by atoms with Crippen molar-refractivity contribution in [1.29, 1.82) is 0 Å². The average Bonchev–Trinajstić information content (AvgIpc) is 3.00. The number of hydrogen-bond acceptors (Lipinski definition) is 3. The summed E-state index contributed by atoms with van der Waals surface area (Å²) in [6, 6.07) is 4.23. The fraction of sp³-hybridized carbons (Fsp3) is 0.600. The molecule has 1 N–H and O–H groups in total. The summed E-state index contributed by atoms with van der Waals surface area (Å²) in [5, 5.41) is 5.45. The Kier molecular flexibility index (Phi) is 8.77. The minimum atomic E-state index is 0. The molecule has 1 aliphatic rings. The maximum Gasteiger partial charge on any atom is 0.219 e. The first-order chi connectivity index (χ1) is 10.2. The topological polar surface area (TPSA) is 47.9 Å². The molecular formula is C15H25IN4OS. The number of hydrogen-bond donors (Lipinski definition) is 1. The van der Waals surface area contributed by atoms with Crippen LogP contribution in [0.25, 0.3) is 0 Å². The lowest BCUT2D eigenvalue weighted by atomic mass is 10.3. The Bertz CT molecular complexity index is 470. The van der Waals surface area contributed by atoms with E-state index in [0.29, 0.717) is 0 Å². The van der Waals surface area contributed by atoms with Crippen LogP contribution >= 0.6 is 35.3 Å². The van der Waals surface area contributed by atoms with Gasteiger partial charge in [-0.05, 0) is 18.4 Å². The number of thiophene rings is 1. The summed E-state index contributed by atoms with van der Waals surface area (Å²) in [6.07, 6.45) is 0.986. The SMILES string of the molecule is CCNC(=NCCc1cccs1)N1CCN(C(C)=O)CC1.I. The van der Waals surface area contributed by atoms with E-state index in [9.17, 15) is 4.79 Å². The van der Waals surface area contributed by atoms with E-state index in [-0.39, 0.29) is 29.9 Å². The Morgan fingerprint density at radius 3 is 2.55 bits per heavy atom. The lowest BCUT2D eigenvalue weighted by molar-refractivity contribution is -0.130. The molecule has 22 heavy (non-hydrogen) atoms. The van der Waals surface area contributed by atoms with Crippen LogP contribution in [0.15, 0.2) is 22.5 Å². The normalized spacial score (nSPS) is 15.5. The summed E-state index contributed by atoms with van der Waals surface area (Å²) in [5.74, 6) is 1.13. The molecule has 0 atom stereocenters. The third-order valence-corrected chi connectivity index (χ3v) is 4.50. The van der Waals surface area contributed by atoms with Crippen molar-refractivity contribution in [2.24, 2.45) is 4.99 Å². The van der Waals surface area contributed by atoms with Gasteiger partial charge in [-0.25, -0.2) is 0 Å². The van der Waals surface area contributed by atoms with E-state index < -0.39 is 0 Å². The molecule has 1 aliphatic heterocycles. The van der Waals surface area contributed by atoms with Gasteiger partial charge in [-0.3, -0.25) is 9.79 Å². The number of rotatable bonds is 4. The number of halogens is 1. The second-order valence-electron chi connectivity index (χ2n) is 5.06. The molecule has 1 saturated heterocycles. The van der Waals surface area contributed by atoms with Crippen molar-refractivity contribution in [3.63, 3.8) is 0 Å². The van der Waals surface area contributed by atoms with Crippen molar-refractivity contribution in [1.82, 2.24) is 15.1 Å². The smallest absolute Gasteiger partial charge is 0.219 e. The molecule has 1 aromatic rings. The monoisotopic (exact) mass is 436 g/mol. The van der Waals surface area contributed by atoms with Crippen LogP contribution < -0.4 is 5.32 Å². The number of piperazine rings is 1. The predicted molar refractivity (Wildman–Crippen MR) is 103 cm³/mol. The van der Waals surface area contributed by atoms with Crippen molar-refractivity contribution in [3.05, 3.63) is 22.4 Å². The molecule has 2 heterocycles. The fourth-order valence-corrected chi connectivity index (χ4v) is 3.08. The van der Waals surface area contributed by atoms with E-state index in [1.807, 2.05) is 4.90 Å². The molecule has 7 heteroatoms. The summed E-state index contributed by atoms with van der Waals surface area (Å²) in [6.45, 7) is 8.65. The van der Waals surface area contributed by atoms with Crippen LogP contribution in [-0.4, -0.2) is 60.9 Å². The summed E-state index contributed by atoms with van der Waals surface area (Å²) >= 11 is 1.78. The summed E-state index contributed by atoms with van der Waals surface area (Å²) in [5.41, 5.74) is 0. The highest BCUT2D eigenvalue weighted by Crippen LogP contribution is 2.09. The van der Waals surface area contributed by atoms with Crippen LogP contribution in [0.5, 0.6) is 0 Å². The molecule has 2 rings (SSSR count). The Morgan fingerprint density at radius 1 is 1.32 bits per heavy atom. The minimum absolute atomic E-state index is 0. The largest absolute Gasteiger partial charge is 0.357 e. The van der Waals surface area contributed by atoms with Crippen molar-refractivity contribution in [2.75, 3.05) is 39.3 Å². The Hall–Kier alpha value is -0.830. The Labute approximate surface area is 153 Å². The number of carbonyl (C=O) groups excluding carboxylic acids is 1. The van der Waals surface area contributed by atoms with Crippen LogP contribution in [0.1, 0.15) is 18.7 Å². The van der Waals surface area contributed by atoms with Gasteiger partial charge in [0.15, 0.2) is 5.96 Å². The highest BCUT2D eigenvalue weighted by atomic mass is 127. The van der Waals surface area contributed by atoms with Gasteiger partial charge in [0.1, 0.15) is 0 Å². The number of amides is 1. The molecule has 1 aromatic heterocycles. The van der Waals surface area contributed by atoms with Gasteiger partial charge in [-0.2, -0.15) is 0 Å². The lowest BCUT2D eigenvalue weighted by Crippen LogP contribution is -2.53. The van der Waals surface area contributed by atoms with Gasteiger partial charge in [0.25, 0.3) is 0 Å². The molecule has 0 aromatic carbocycles. The van der Waals surface area contributed by atoms with Crippen molar-refractivity contribution < 1.29 is 4.79 Å². The third-order valence-electron chi connectivity index (χ3n) is 3.56. The molecular weight excluding hydrogens is 411 g/mol. The van der Waals surface area contributed by atoms with Gasteiger partial charge in [-0.1, -0.05) is 6.07 Å². The van der Waals surface area contributed by atoms with Crippen molar-refractivity contribution in [2.45, 2.75) is 20.3 Å². The second-order valence-corrected chi connectivity index (χ2v) is 6.09. The van der Waals surface area contributed by atoms with Crippen LogP contribution in [0.2, 0.25) is 0 Å². The zero-order chi connectivity index (χ0) is 15.1. The van der Waals surface area contributed by atoms with Crippen molar-refractivity contribution >= 4 is 47.2 Å². The van der Waals surface area contributed by atoms with E-state index in [0.717, 1.165) is 51.6 Å². The molecule has 5 nitrogen and oxygen atoms in total. The molecule has 1 amide bonds. The maximum absolute atomic E-state index is 11.4. The van der Waals surface area contributed by atoms with Crippen LogP contribution in [0.4, 0.5) is 0 Å². The Balaban J connectivity index is 0.00000242. The van der Waals surface area contributed by atoms with E-state index in [1.54, 1.807) is 18.3 Å². The first kappa shape index (κ1) is 19.2. The zero-order valence-electron chi connectivity index (χ0n) is 13.2. The first-order valence-electron chi connectivity index (χ1n) is 7.52. The highest BCUT2D eigenvalue weighted by molar-refractivity contribution is 14.0. The maximum atomic E-state index is 11.4. The number of carbonyl (C=O) groups is 1. The molecule has 124 valence electrons. The standard InChI is InChI=1S/C15H24N4OS.HI/c1-3-16-15(17-7-6-14-5-4-12-21-14)19-10-8-18(9-11-19)13(2)20;/h4-5,12H,3,6-11H2,1-2H3,(H,16,17);1H. The number of nitrogens with one attached hydrogen (secondary N) is 1. The molecule has 0 aliphatic carbocycles. The predicted octanol–water partition coefficient (Wildman–Crippen LogP) is 2.04. The summed E-state index contributed by atoms with van der Waals surface area (Å²) in [7, 11) is 0. The molecule has 0 saturated carbocycles. The fourth-order valence-electron chi connectivity index (χ4n) is 2.39. The number of guanidine groups is 1. The third kappa shape index (κ3) is 5.75. The van der Waals surface area contributed by atoms with E-state index in [2.05, 4.69) is 34.7 Å². The zero-order valence-corrected chi connectivity index (χ0v) is 16.4. The van der Waals surface area contributed by atoms with Crippen LogP contribution in [0, 0.1) is 0 Å². The molecule has 0 bridgehead atoms. The molecule has 1 fully saturated rings. The van der Waals surface area contributed by atoms with Crippen molar-refractivity contribution in [3.8, 4) is 0 Å². The number of aliphatic imine (C=N–C) groups is 1. The van der Waals surface area contributed by atoms with E-state index in [4.69, 9.17) is 4.99 Å². The van der Waals surface area contributed by atoms with Gasteiger partial charge >= 0.3 is 0 Å². The summed E-state index contributed by atoms with van der Waals surface area (Å²) in [4.78, 5) is 21.6. The van der Waals surface area contributed by atoms with Crippen LogP contribution in [0.3, 0.4) is 0 Å². The average molecular weight is 436 g/mol. The Morgan fingerprint density at radius 2 is 2.00 bits per heavy atom. The quantitative estimate of drug-likeness (QED) is 0.447. The summed E-state index contributed by atoms with van der Waals surface area (Å²) < 4.78 is 0. The minimum Gasteiger partial charge on any atom is -0.357 e. The number of nitrogens with zero attached hydrogens (tertiary/aromatic N) is 3. The second kappa shape index (κ2) is 10.0. The molecule has 0 radical (unpaired) electrons. The highest BCUT2D eigenvalue weighted by Gasteiger charge is 2.20. The van der Waals surface area contributed by atoms with Gasteiger partial charge in [0, 0.05) is 57.5 Å². The van der Waals surface area contributed by atoms with Crippen LogP contribution in [-0.2, 0) is 11.2 Å². The van der Waals surface area contributed by atoms with Gasteiger partial charge in [0.05, 0.1) is 0 Å². The van der Waals surface area contributed by atoms with Gasteiger partial charge in [-0.15, -0.1) is 35.3 Å².